The van der Waals surface area contributed by atoms with Crippen molar-refractivity contribution in [3.63, 3.8) is 0 Å². The maximum Gasteiger partial charge on any atom is 0.312 e. The molecule has 0 saturated carbocycles. The minimum atomic E-state index is -1.78. The summed E-state index contributed by atoms with van der Waals surface area (Å²) in [6.45, 7) is 5.76. The summed E-state index contributed by atoms with van der Waals surface area (Å²) < 4.78 is 23.8. The molecule has 0 aliphatic heterocycles. The highest BCUT2D eigenvalue weighted by Gasteiger charge is 2.16. The smallest absolute Gasteiger partial charge is 0.164 e. The summed E-state index contributed by atoms with van der Waals surface area (Å²) in [7, 11) is 0. The fourth-order valence-electron chi connectivity index (χ4n) is 1.30. The molecule has 0 fully saturated rings. The van der Waals surface area contributed by atoms with Crippen molar-refractivity contribution in [2.24, 2.45) is 0 Å². The van der Waals surface area contributed by atoms with E-state index in [9.17, 15) is 8.78 Å². The van der Waals surface area contributed by atoms with Crippen LogP contribution in [-0.4, -0.2) is 0 Å². The van der Waals surface area contributed by atoms with Gasteiger partial charge < -0.3 is 0 Å². The van der Waals surface area contributed by atoms with Crippen LogP contribution in [0.3, 0.4) is 0 Å². The summed E-state index contributed by atoms with van der Waals surface area (Å²) in [4.78, 5) is 0. The molecule has 80 valence electrons. The van der Waals surface area contributed by atoms with Gasteiger partial charge in [0.1, 0.15) is 0 Å². The Morgan fingerprint density at radius 3 is 2.20 bits per heavy atom. The van der Waals surface area contributed by atoms with Crippen LogP contribution >= 0.6 is 0 Å². The third kappa shape index (κ3) is 3.34. The molecule has 0 aliphatic rings. The van der Waals surface area contributed by atoms with E-state index < -0.39 is 11.5 Å². The third-order valence-electron chi connectivity index (χ3n) is 2.34. The molecule has 0 spiro atoms. The zero-order chi connectivity index (χ0) is 11.5. The van der Waals surface area contributed by atoms with Gasteiger partial charge in [0, 0.05) is 5.41 Å². The van der Waals surface area contributed by atoms with Crippen LogP contribution in [0.15, 0.2) is 42.2 Å². The minimum absolute atomic E-state index is 0.420. The predicted octanol–water partition coefficient (Wildman–Crippen LogP) is 4.21. The van der Waals surface area contributed by atoms with E-state index in [1.165, 1.54) is 6.08 Å². The lowest BCUT2D eigenvalue weighted by Crippen LogP contribution is -2.12. The largest absolute Gasteiger partial charge is 0.312 e. The molecule has 0 bridgehead atoms. The first-order valence-electron chi connectivity index (χ1n) is 4.78. The van der Waals surface area contributed by atoms with Gasteiger partial charge in [0.2, 0.25) is 0 Å². The van der Waals surface area contributed by atoms with Gasteiger partial charge in [0.05, 0.1) is 0 Å². The summed E-state index contributed by atoms with van der Waals surface area (Å²) in [5.41, 5.74) is 3.70. The number of hydrogen-bond acceptors (Lipinski definition) is 0. The fourth-order valence-corrected chi connectivity index (χ4v) is 1.30. The quantitative estimate of drug-likeness (QED) is 0.639. The van der Waals surface area contributed by atoms with Gasteiger partial charge in [-0.1, -0.05) is 49.4 Å². The average Bonchev–Trinajstić information content (AvgIpc) is 2.16. The molecule has 2 heteroatoms. The molecule has 0 amide bonds. The van der Waals surface area contributed by atoms with Gasteiger partial charge in [-0.15, -0.1) is 0 Å². The monoisotopic (exact) mass is 208 g/mol. The maximum absolute atomic E-state index is 11.9. The van der Waals surface area contributed by atoms with Crippen molar-refractivity contribution in [2.75, 3.05) is 0 Å². The fraction of sp³-hybridized carbons (Fsp3) is 0.308. The van der Waals surface area contributed by atoms with Crippen molar-refractivity contribution < 1.29 is 8.78 Å². The van der Waals surface area contributed by atoms with E-state index in [1.54, 1.807) is 0 Å². The van der Waals surface area contributed by atoms with Crippen molar-refractivity contribution in [1.29, 1.82) is 0 Å². The van der Waals surface area contributed by atoms with Gasteiger partial charge in [0.15, 0.2) is 0 Å². The van der Waals surface area contributed by atoms with Crippen molar-refractivity contribution in [3.8, 4) is 0 Å². The highest BCUT2D eigenvalue weighted by Crippen LogP contribution is 2.24. The first kappa shape index (κ1) is 11.7. The highest BCUT2D eigenvalue weighted by atomic mass is 19.3. The summed E-state index contributed by atoms with van der Waals surface area (Å²) in [5.74, 6) is 0. The Morgan fingerprint density at radius 1 is 1.20 bits per heavy atom. The van der Waals surface area contributed by atoms with Crippen LogP contribution in [0.4, 0.5) is 8.78 Å². The van der Waals surface area contributed by atoms with E-state index in [1.807, 2.05) is 50.8 Å². The zero-order valence-electron chi connectivity index (χ0n) is 9.14. The number of halogens is 2. The van der Waals surface area contributed by atoms with Crippen LogP contribution in [0.5, 0.6) is 0 Å². The Kier molecular flexibility index (Phi) is 3.43. The van der Waals surface area contributed by atoms with Crippen molar-refractivity contribution in [1.82, 2.24) is 0 Å². The molecule has 1 aromatic carbocycles. The van der Waals surface area contributed by atoms with Crippen molar-refractivity contribution in [3.05, 3.63) is 53.3 Å². The van der Waals surface area contributed by atoms with Crippen molar-refractivity contribution >= 4 is 0 Å². The summed E-state index contributed by atoms with van der Waals surface area (Å²) in [6.07, 6.45) is -0.386. The van der Waals surface area contributed by atoms with E-state index in [2.05, 4.69) is 0 Å². The average molecular weight is 208 g/mol. The van der Waals surface area contributed by atoms with Crippen LogP contribution < -0.4 is 0 Å². The maximum atomic E-state index is 11.9. The topological polar surface area (TPSA) is 0 Å². The Labute approximate surface area is 88.9 Å². The number of aryl methyl sites for hydroxylation is 1. The standard InChI is InChI=1S/C13H14F2/c1-10-4-6-11(7-5-10)13(2,3)9-8-12(14)15/h4-7,9H,1-3H3. The Bertz CT molecular complexity index is 389. The Hall–Kier alpha value is -1.40. The Morgan fingerprint density at radius 2 is 1.73 bits per heavy atom. The zero-order valence-corrected chi connectivity index (χ0v) is 9.14. The van der Waals surface area contributed by atoms with Gasteiger partial charge in [-0.05, 0) is 18.6 Å². The predicted molar refractivity (Wildman–Crippen MR) is 58.0 cm³/mol. The molecule has 0 nitrogen and oxygen atoms in total. The van der Waals surface area contributed by atoms with E-state index in [4.69, 9.17) is 0 Å². The van der Waals surface area contributed by atoms with Gasteiger partial charge in [0.25, 0.3) is 0 Å². The van der Waals surface area contributed by atoms with Gasteiger partial charge >= 0.3 is 6.08 Å². The molecule has 0 heterocycles. The lowest BCUT2D eigenvalue weighted by atomic mass is 9.84. The summed E-state index contributed by atoms with van der Waals surface area (Å²) >= 11 is 0. The van der Waals surface area contributed by atoms with E-state index in [0.717, 1.165) is 11.1 Å². The van der Waals surface area contributed by atoms with Gasteiger partial charge in [-0.25, -0.2) is 0 Å². The minimum Gasteiger partial charge on any atom is -0.164 e. The molecule has 15 heavy (non-hydrogen) atoms. The molecule has 1 rings (SSSR count). The highest BCUT2D eigenvalue weighted by molar-refractivity contribution is 5.31. The Balaban J connectivity index is 3.06. The first-order chi connectivity index (χ1) is 6.92. The first-order valence-corrected chi connectivity index (χ1v) is 4.78. The van der Waals surface area contributed by atoms with E-state index in [-0.39, 0.29) is 0 Å². The summed E-state index contributed by atoms with van der Waals surface area (Å²) in [6, 6.07) is 7.84. The second kappa shape index (κ2) is 4.41. The second-order valence-electron chi connectivity index (χ2n) is 4.14. The molecule has 0 atom stereocenters. The molecular weight excluding hydrogens is 194 g/mol. The lowest BCUT2D eigenvalue weighted by Gasteiger charge is -2.19. The number of hydrogen-bond donors (Lipinski definition) is 0. The molecule has 0 radical (unpaired) electrons. The SMILES string of the molecule is Cc1ccc(C(C)(C)C=C=C(F)F)cc1. The molecular formula is C13H14F2. The van der Waals surface area contributed by atoms with Gasteiger partial charge in [-0.3, -0.25) is 0 Å². The number of benzene rings is 1. The number of allylic oxidation sites excluding steroid dienone is 1. The molecule has 0 aliphatic carbocycles. The summed E-state index contributed by atoms with van der Waals surface area (Å²) in [5, 5.41) is 0. The van der Waals surface area contributed by atoms with Crippen LogP contribution in [0.1, 0.15) is 25.0 Å². The van der Waals surface area contributed by atoms with Crippen molar-refractivity contribution in [2.45, 2.75) is 26.2 Å². The molecule has 0 N–H and O–H groups in total. The molecule has 0 aromatic heterocycles. The van der Waals surface area contributed by atoms with E-state index in [0.29, 0.717) is 0 Å². The molecule has 0 unspecified atom stereocenters. The normalized spacial score (nSPS) is 10.7. The molecule has 1 aromatic rings. The number of rotatable bonds is 2. The van der Waals surface area contributed by atoms with Crippen LogP contribution in [0.2, 0.25) is 0 Å². The van der Waals surface area contributed by atoms with E-state index >= 15 is 0 Å². The third-order valence-corrected chi connectivity index (χ3v) is 2.34. The van der Waals surface area contributed by atoms with Crippen LogP contribution in [0.25, 0.3) is 0 Å². The van der Waals surface area contributed by atoms with Gasteiger partial charge in [-0.2, -0.15) is 8.78 Å². The second-order valence-corrected chi connectivity index (χ2v) is 4.14. The van der Waals surface area contributed by atoms with Crippen LogP contribution in [-0.2, 0) is 5.41 Å². The molecule has 0 saturated heterocycles. The van der Waals surface area contributed by atoms with Crippen LogP contribution in [0, 0.1) is 6.92 Å². The lowest BCUT2D eigenvalue weighted by molar-refractivity contribution is 0.423.